The molecule has 27 heavy (non-hydrogen) atoms. The van der Waals surface area contributed by atoms with Crippen molar-refractivity contribution in [3.63, 3.8) is 0 Å². The number of nitrogens with one attached hydrogen (secondary N) is 2. The van der Waals surface area contributed by atoms with E-state index in [1.807, 2.05) is 24.4 Å². The highest BCUT2D eigenvalue weighted by Crippen LogP contribution is 2.38. The first-order valence-corrected chi connectivity index (χ1v) is 8.96. The molecule has 5 rings (SSSR count). The second-order valence-electron chi connectivity index (χ2n) is 7.25. The third-order valence-electron chi connectivity index (χ3n) is 5.67. The number of nitrogens with two attached hydrogens (primary N) is 1. The molecule has 1 atom stereocenters. The maximum absolute atomic E-state index is 12.5. The first kappa shape index (κ1) is 15.8. The Kier molecular flexibility index (Phi) is 3.40. The Balaban J connectivity index is 1.62. The Morgan fingerprint density at radius 2 is 1.93 bits per heavy atom. The van der Waals surface area contributed by atoms with Crippen molar-refractivity contribution in [2.75, 3.05) is 0 Å². The summed E-state index contributed by atoms with van der Waals surface area (Å²) in [4.78, 5) is 28.1. The Morgan fingerprint density at radius 3 is 2.63 bits per heavy atom. The van der Waals surface area contributed by atoms with Crippen LogP contribution in [0.4, 0.5) is 0 Å². The van der Waals surface area contributed by atoms with Gasteiger partial charge in [-0.15, -0.1) is 0 Å². The summed E-state index contributed by atoms with van der Waals surface area (Å²) in [5.74, 6) is -1.02. The van der Waals surface area contributed by atoms with Gasteiger partial charge in [-0.25, -0.2) is 5.43 Å². The summed E-state index contributed by atoms with van der Waals surface area (Å²) < 4.78 is 0. The molecule has 0 spiro atoms. The molecule has 2 heterocycles. The lowest BCUT2D eigenvalue weighted by molar-refractivity contribution is -0.120. The topological polar surface area (TPSA) is 100 Å². The molecule has 1 unspecified atom stereocenters. The number of carbonyl (C=O) groups is 2. The van der Waals surface area contributed by atoms with E-state index in [-0.39, 0.29) is 17.7 Å². The van der Waals surface area contributed by atoms with Gasteiger partial charge in [0.1, 0.15) is 0 Å². The summed E-state index contributed by atoms with van der Waals surface area (Å²) in [5, 5.41) is 4.76. The maximum atomic E-state index is 12.5. The summed E-state index contributed by atoms with van der Waals surface area (Å²) in [6.45, 7) is 0. The third kappa shape index (κ3) is 2.44. The lowest BCUT2D eigenvalue weighted by Gasteiger charge is -2.21. The van der Waals surface area contributed by atoms with E-state index in [1.165, 1.54) is 11.1 Å². The molecule has 6 nitrogen and oxygen atoms in total. The second kappa shape index (κ2) is 5.81. The van der Waals surface area contributed by atoms with Crippen LogP contribution in [0.3, 0.4) is 0 Å². The molecule has 0 bridgehead atoms. The summed E-state index contributed by atoms with van der Waals surface area (Å²) in [7, 11) is 0. The zero-order valence-electron chi connectivity index (χ0n) is 14.5. The molecule has 6 heteroatoms. The first-order chi connectivity index (χ1) is 13.1. The van der Waals surface area contributed by atoms with Crippen molar-refractivity contribution in [1.29, 1.82) is 0 Å². The Hall–Kier alpha value is -3.41. The molecule has 4 N–H and O–H groups in total. The molecule has 1 aliphatic carbocycles. The highest BCUT2D eigenvalue weighted by atomic mass is 16.2. The minimum Gasteiger partial charge on any atom is -0.369 e. The number of nitrogens with zero attached hydrogens (tertiary/aromatic N) is 1. The number of primary amides is 1. The minimum atomic E-state index is -0.457. The van der Waals surface area contributed by atoms with E-state index < -0.39 is 5.92 Å². The van der Waals surface area contributed by atoms with E-state index in [1.54, 1.807) is 12.3 Å². The summed E-state index contributed by atoms with van der Waals surface area (Å²) in [5.41, 5.74) is 13.8. The lowest BCUT2D eigenvalue weighted by atomic mass is 9.82. The van der Waals surface area contributed by atoms with Crippen molar-refractivity contribution in [2.24, 2.45) is 16.8 Å². The van der Waals surface area contributed by atoms with Crippen LogP contribution in [0.25, 0.3) is 10.9 Å². The number of aromatic amines is 1. The van der Waals surface area contributed by atoms with Gasteiger partial charge in [-0.1, -0.05) is 24.3 Å². The molecule has 134 valence electrons. The van der Waals surface area contributed by atoms with Gasteiger partial charge in [0.2, 0.25) is 5.91 Å². The van der Waals surface area contributed by atoms with Crippen molar-refractivity contribution in [3.05, 3.63) is 70.4 Å². The molecular formula is C21H18N4O2. The average Bonchev–Trinajstić information content (AvgIpc) is 3.20. The number of benzene rings is 2. The molecule has 1 aliphatic heterocycles. The smallest absolute Gasteiger partial charge is 0.272 e. The fourth-order valence-corrected chi connectivity index (χ4v) is 4.50. The van der Waals surface area contributed by atoms with Gasteiger partial charge in [0.25, 0.3) is 5.91 Å². The molecule has 2 aromatic carbocycles. The normalized spacial score (nSPS) is 16.8. The zero-order valence-corrected chi connectivity index (χ0v) is 14.5. The first-order valence-electron chi connectivity index (χ1n) is 8.96. The minimum absolute atomic E-state index is 0.0871. The number of H-pyrrole nitrogens is 1. The Labute approximate surface area is 155 Å². The van der Waals surface area contributed by atoms with E-state index in [0.29, 0.717) is 5.56 Å². The largest absolute Gasteiger partial charge is 0.369 e. The van der Waals surface area contributed by atoms with Gasteiger partial charge in [-0.05, 0) is 47.6 Å². The van der Waals surface area contributed by atoms with Gasteiger partial charge in [0, 0.05) is 22.7 Å². The van der Waals surface area contributed by atoms with Crippen LogP contribution >= 0.6 is 0 Å². The zero-order chi connectivity index (χ0) is 18.5. The van der Waals surface area contributed by atoms with Crippen molar-refractivity contribution in [1.82, 2.24) is 10.4 Å². The van der Waals surface area contributed by atoms with E-state index in [9.17, 15) is 9.59 Å². The van der Waals surface area contributed by atoms with Crippen molar-refractivity contribution in [2.45, 2.75) is 18.8 Å². The number of hydrogen-bond donors (Lipinski definition) is 3. The summed E-state index contributed by atoms with van der Waals surface area (Å²) in [6.07, 6.45) is 5.05. The van der Waals surface area contributed by atoms with Gasteiger partial charge in [0.15, 0.2) is 0 Å². The Morgan fingerprint density at radius 1 is 1.19 bits per heavy atom. The van der Waals surface area contributed by atoms with E-state index in [4.69, 9.17) is 5.73 Å². The predicted octanol–water partition coefficient (Wildman–Crippen LogP) is 2.23. The monoisotopic (exact) mass is 358 g/mol. The molecule has 0 saturated heterocycles. The molecule has 3 aromatic rings. The number of amides is 2. The van der Waals surface area contributed by atoms with Crippen LogP contribution in [0.15, 0.2) is 47.7 Å². The summed E-state index contributed by atoms with van der Waals surface area (Å²) in [6, 6.07) is 12.0. The van der Waals surface area contributed by atoms with Gasteiger partial charge in [-0.2, -0.15) is 5.10 Å². The van der Waals surface area contributed by atoms with Crippen LogP contribution in [0, 0.1) is 5.92 Å². The highest BCUT2D eigenvalue weighted by molar-refractivity contribution is 6.14. The van der Waals surface area contributed by atoms with Crippen molar-refractivity contribution < 1.29 is 9.59 Å². The molecule has 0 fully saturated rings. The standard InChI is InChI=1S/C21H18N4O2/c22-20(26)18(13-5-11-3-1-2-4-12(11)6-13)14-7-16-19-15(9-23-17(19)8-14)10-24-25-21(16)27/h1-4,7-10,13,18,23H,5-6H2,(H2,22,26)(H,25,27). The van der Waals surface area contributed by atoms with Crippen LogP contribution in [-0.2, 0) is 17.6 Å². The van der Waals surface area contributed by atoms with Gasteiger partial charge < -0.3 is 10.7 Å². The van der Waals surface area contributed by atoms with Gasteiger partial charge >= 0.3 is 0 Å². The molecule has 2 amide bonds. The number of aromatic nitrogens is 1. The van der Waals surface area contributed by atoms with Crippen LogP contribution in [0.5, 0.6) is 0 Å². The van der Waals surface area contributed by atoms with Crippen LogP contribution in [0.2, 0.25) is 0 Å². The predicted molar refractivity (Wildman–Crippen MR) is 103 cm³/mol. The van der Waals surface area contributed by atoms with Crippen LogP contribution in [-0.4, -0.2) is 23.0 Å². The molecule has 0 saturated carbocycles. The van der Waals surface area contributed by atoms with Gasteiger partial charge in [0.05, 0.1) is 17.7 Å². The number of hydrazone groups is 1. The molecule has 2 aliphatic rings. The SMILES string of the molecule is NC(=O)C(c1cc2c3c(c[nH]c3c1)C=NNC2=O)C1Cc2ccccc2C1. The molecule has 1 aromatic heterocycles. The fraction of sp³-hybridized carbons (Fsp3) is 0.190. The van der Waals surface area contributed by atoms with E-state index >= 15 is 0 Å². The molecule has 0 radical (unpaired) electrons. The van der Waals surface area contributed by atoms with Crippen LogP contribution < -0.4 is 11.2 Å². The number of fused-ring (bicyclic) bond motifs is 1. The third-order valence-corrected chi connectivity index (χ3v) is 5.67. The summed E-state index contributed by atoms with van der Waals surface area (Å²) >= 11 is 0. The van der Waals surface area contributed by atoms with Crippen molar-refractivity contribution in [3.8, 4) is 0 Å². The number of rotatable bonds is 3. The number of carbonyl (C=O) groups excluding carboxylic acids is 2. The molecular weight excluding hydrogens is 340 g/mol. The lowest BCUT2D eigenvalue weighted by Crippen LogP contribution is -2.29. The average molecular weight is 358 g/mol. The van der Waals surface area contributed by atoms with E-state index in [0.717, 1.165) is 34.9 Å². The number of hydrogen-bond acceptors (Lipinski definition) is 3. The fourth-order valence-electron chi connectivity index (χ4n) is 4.50. The van der Waals surface area contributed by atoms with Crippen LogP contribution in [0.1, 0.15) is 38.5 Å². The maximum Gasteiger partial charge on any atom is 0.272 e. The Bertz CT molecular complexity index is 1100. The van der Waals surface area contributed by atoms with Gasteiger partial charge in [-0.3, -0.25) is 9.59 Å². The second-order valence-corrected chi connectivity index (χ2v) is 7.25. The van der Waals surface area contributed by atoms with E-state index in [2.05, 4.69) is 27.6 Å². The highest BCUT2D eigenvalue weighted by Gasteiger charge is 2.34. The van der Waals surface area contributed by atoms with Crippen molar-refractivity contribution >= 4 is 28.9 Å². The quantitative estimate of drug-likeness (QED) is 0.669.